The van der Waals surface area contributed by atoms with Crippen molar-refractivity contribution < 1.29 is 5.11 Å². The molecule has 0 aliphatic rings. The number of hydrogen-bond donors (Lipinski definition) is 2. The van der Waals surface area contributed by atoms with Crippen LogP contribution in [0.2, 0.25) is 0 Å². The molecular weight excluding hydrogens is 150 g/mol. The highest BCUT2D eigenvalue weighted by Gasteiger charge is 2.13. The van der Waals surface area contributed by atoms with E-state index in [2.05, 4.69) is 33.0 Å². The first-order chi connectivity index (χ1) is 5.65. The Kier molecular flexibility index (Phi) is 6.39. The van der Waals surface area contributed by atoms with Gasteiger partial charge in [0.25, 0.3) is 0 Å². The van der Waals surface area contributed by atoms with E-state index in [1.807, 2.05) is 0 Å². The molecule has 0 radical (unpaired) electrons. The van der Waals surface area contributed by atoms with E-state index in [0.29, 0.717) is 12.0 Å². The number of rotatable bonds is 6. The maximum absolute atomic E-state index is 8.97. The molecule has 0 spiro atoms. The molecule has 0 bridgehead atoms. The van der Waals surface area contributed by atoms with Crippen molar-refractivity contribution in [3.63, 3.8) is 0 Å². The molecule has 0 unspecified atom stereocenters. The van der Waals surface area contributed by atoms with Crippen LogP contribution in [0.1, 0.15) is 40.5 Å². The second kappa shape index (κ2) is 6.44. The van der Waals surface area contributed by atoms with Crippen LogP contribution in [0.5, 0.6) is 0 Å². The summed E-state index contributed by atoms with van der Waals surface area (Å²) >= 11 is 0. The van der Waals surface area contributed by atoms with Crippen molar-refractivity contribution in [2.45, 2.75) is 52.6 Å². The quantitative estimate of drug-likeness (QED) is 0.641. The van der Waals surface area contributed by atoms with Gasteiger partial charge < -0.3 is 10.4 Å². The Labute approximate surface area is 76.4 Å². The van der Waals surface area contributed by atoms with E-state index in [0.717, 1.165) is 6.42 Å². The molecule has 0 heterocycles. The van der Waals surface area contributed by atoms with Crippen LogP contribution >= 0.6 is 0 Å². The molecular formula is C10H23NO. The summed E-state index contributed by atoms with van der Waals surface area (Å²) in [4.78, 5) is 0. The third-order valence-electron chi connectivity index (χ3n) is 2.71. The third kappa shape index (κ3) is 4.07. The molecule has 0 aromatic carbocycles. The van der Waals surface area contributed by atoms with Gasteiger partial charge in [0.1, 0.15) is 0 Å². The molecule has 0 aliphatic heterocycles. The molecule has 2 N–H and O–H groups in total. The van der Waals surface area contributed by atoms with Gasteiger partial charge in [0.15, 0.2) is 0 Å². The molecule has 3 atom stereocenters. The van der Waals surface area contributed by atoms with Crippen molar-refractivity contribution in [2.75, 3.05) is 6.61 Å². The SMILES string of the molecule is CC[C@H](CO)N[C@@H](C)[C@@H](C)CC. The average Bonchev–Trinajstić information content (AvgIpc) is 2.12. The summed E-state index contributed by atoms with van der Waals surface area (Å²) in [5.41, 5.74) is 0. The normalized spacial score (nSPS) is 18.8. The Bertz CT molecular complexity index is 102. The smallest absolute Gasteiger partial charge is 0.0584 e. The minimum absolute atomic E-state index is 0.247. The van der Waals surface area contributed by atoms with Crippen molar-refractivity contribution >= 4 is 0 Å². The van der Waals surface area contributed by atoms with Crippen molar-refractivity contribution in [3.8, 4) is 0 Å². The molecule has 0 saturated heterocycles. The lowest BCUT2D eigenvalue weighted by Crippen LogP contribution is -2.41. The van der Waals surface area contributed by atoms with Gasteiger partial charge in [-0.1, -0.05) is 27.2 Å². The van der Waals surface area contributed by atoms with Crippen molar-refractivity contribution in [3.05, 3.63) is 0 Å². The fraction of sp³-hybridized carbons (Fsp3) is 1.00. The Balaban J connectivity index is 3.72. The van der Waals surface area contributed by atoms with E-state index in [-0.39, 0.29) is 12.6 Å². The highest BCUT2D eigenvalue weighted by atomic mass is 16.3. The van der Waals surface area contributed by atoms with Crippen LogP contribution in [0.25, 0.3) is 0 Å². The van der Waals surface area contributed by atoms with Crippen molar-refractivity contribution in [1.29, 1.82) is 0 Å². The van der Waals surface area contributed by atoms with Crippen LogP contribution in [-0.4, -0.2) is 23.8 Å². The van der Waals surface area contributed by atoms with Crippen LogP contribution in [-0.2, 0) is 0 Å². The third-order valence-corrected chi connectivity index (χ3v) is 2.71. The molecule has 74 valence electrons. The van der Waals surface area contributed by atoms with E-state index in [4.69, 9.17) is 5.11 Å². The molecule has 0 aliphatic carbocycles. The summed E-state index contributed by atoms with van der Waals surface area (Å²) in [6, 6.07) is 0.779. The van der Waals surface area contributed by atoms with Gasteiger partial charge in [0.05, 0.1) is 6.61 Å². The molecule has 0 fully saturated rings. The molecule has 2 heteroatoms. The van der Waals surface area contributed by atoms with E-state index in [1.165, 1.54) is 6.42 Å². The van der Waals surface area contributed by atoms with Gasteiger partial charge in [-0.3, -0.25) is 0 Å². The molecule has 0 aromatic heterocycles. The molecule has 0 amide bonds. The van der Waals surface area contributed by atoms with Gasteiger partial charge in [0, 0.05) is 12.1 Å². The summed E-state index contributed by atoms with van der Waals surface area (Å²) in [5, 5.41) is 12.4. The first kappa shape index (κ1) is 11.9. The topological polar surface area (TPSA) is 32.3 Å². The Morgan fingerprint density at radius 3 is 2.08 bits per heavy atom. The van der Waals surface area contributed by atoms with Crippen LogP contribution in [0.4, 0.5) is 0 Å². The van der Waals surface area contributed by atoms with Gasteiger partial charge >= 0.3 is 0 Å². The molecule has 2 nitrogen and oxygen atoms in total. The highest BCUT2D eigenvalue weighted by Crippen LogP contribution is 2.07. The Hall–Kier alpha value is -0.0800. The zero-order valence-corrected chi connectivity index (χ0v) is 8.80. The molecule has 12 heavy (non-hydrogen) atoms. The summed E-state index contributed by atoms with van der Waals surface area (Å²) in [5.74, 6) is 0.686. The van der Waals surface area contributed by atoms with Gasteiger partial charge in [-0.25, -0.2) is 0 Å². The predicted molar refractivity (Wildman–Crippen MR) is 53.2 cm³/mol. The number of hydrogen-bond acceptors (Lipinski definition) is 2. The lowest BCUT2D eigenvalue weighted by Gasteiger charge is -2.24. The maximum atomic E-state index is 8.97. The number of aliphatic hydroxyl groups excluding tert-OH is 1. The molecule has 0 saturated carbocycles. The minimum atomic E-state index is 0.247. The van der Waals surface area contributed by atoms with E-state index in [9.17, 15) is 0 Å². The lowest BCUT2D eigenvalue weighted by molar-refractivity contribution is 0.216. The fourth-order valence-electron chi connectivity index (χ4n) is 1.19. The Morgan fingerprint density at radius 2 is 1.75 bits per heavy atom. The summed E-state index contributed by atoms with van der Waals surface area (Å²) in [6.45, 7) is 8.96. The largest absolute Gasteiger partial charge is 0.395 e. The van der Waals surface area contributed by atoms with E-state index in [1.54, 1.807) is 0 Å². The fourth-order valence-corrected chi connectivity index (χ4v) is 1.19. The van der Waals surface area contributed by atoms with Gasteiger partial charge in [0.2, 0.25) is 0 Å². The highest BCUT2D eigenvalue weighted by molar-refractivity contribution is 4.72. The first-order valence-electron chi connectivity index (χ1n) is 5.02. The number of aliphatic hydroxyl groups is 1. The number of nitrogens with one attached hydrogen (secondary N) is 1. The van der Waals surface area contributed by atoms with Crippen LogP contribution in [0.3, 0.4) is 0 Å². The van der Waals surface area contributed by atoms with Crippen LogP contribution in [0.15, 0.2) is 0 Å². The standard InChI is InChI=1S/C10H23NO/c1-5-8(3)9(4)11-10(6-2)7-12/h8-12H,5-7H2,1-4H3/t8-,9-,10+/m0/s1. The van der Waals surface area contributed by atoms with Crippen LogP contribution < -0.4 is 5.32 Å². The van der Waals surface area contributed by atoms with Crippen LogP contribution in [0, 0.1) is 5.92 Å². The summed E-state index contributed by atoms with van der Waals surface area (Å²) in [6.07, 6.45) is 2.19. The second-order valence-electron chi connectivity index (χ2n) is 3.63. The molecule has 0 aromatic rings. The Morgan fingerprint density at radius 1 is 1.17 bits per heavy atom. The zero-order valence-electron chi connectivity index (χ0n) is 8.80. The van der Waals surface area contributed by atoms with Crippen molar-refractivity contribution in [2.24, 2.45) is 5.92 Å². The zero-order chi connectivity index (χ0) is 9.56. The van der Waals surface area contributed by atoms with E-state index >= 15 is 0 Å². The maximum Gasteiger partial charge on any atom is 0.0584 e. The van der Waals surface area contributed by atoms with Gasteiger partial charge in [-0.15, -0.1) is 0 Å². The summed E-state index contributed by atoms with van der Waals surface area (Å²) < 4.78 is 0. The average molecular weight is 173 g/mol. The van der Waals surface area contributed by atoms with E-state index < -0.39 is 0 Å². The predicted octanol–water partition coefficient (Wildman–Crippen LogP) is 1.78. The first-order valence-corrected chi connectivity index (χ1v) is 5.02. The lowest BCUT2D eigenvalue weighted by atomic mass is 10.00. The monoisotopic (exact) mass is 173 g/mol. The second-order valence-corrected chi connectivity index (χ2v) is 3.63. The summed E-state index contributed by atoms with van der Waals surface area (Å²) in [7, 11) is 0. The molecule has 0 rings (SSSR count). The van der Waals surface area contributed by atoms with Crippen molar-refractivity contribution in [1.82, 2.24) is 5.32 Å². The minimum Gasteiger partial charge on any atom is -0.395 e. The van der Waals surface area contributed by atoms with Gasteiger partial charge in [-0.2, -0.15) is 0 Å². The van der Waals surface area contributed by atoms with Gasteiger partial charge in [-0.05, 0) is 19.3 Å².